The second-order valence-electron chi connectivity index (χ2n) is 12.9. The quantitative estimate of drug-likeness (QED) is 0.188. The normalized spacial score (nSPS) is 17.7. The van der Waals surface area contributed by atoms with Crippen molar-refractivity contribution in [2.45, 2.75) is 18.8 Å². The minimum atomic E-state index is 0.456. The zero-order chi connectivity index (χ0) is 29.9. The van der Waals surface area contributed by atoms with Crippen LogP contribution in [0.1, 0.15) is 30.0 Å². The summed E-state index contributed by atoms with van der Waals surface area (Å²) >= 11 is 0. The van der Waals surface area contributed by atoms with Gasteiger partial charge in [0, 0.05) is 43.8 Å². The number of aromatic nitrogens is 4. The largest absolute Gasteiger partial charge is 0.308 e. The number of nitrogens with zero attached hydrogens (tertiary/aromatic N) is 4. The predicted octanol–water partition coefficient (Wildman–Crippen LogP) is 10.5. The average Bonchev–Trinajstić information content (AvgIpc) is 3.76. The second-order valence-corrected chi connectivity index (χ2v) is 12.9. The standard InChI is InChI=1S/C42H28N4/c1-2-13-26(14-3-1)39-29-17-6-9-19-33(29)43-42(44-39)46-34-20-10-7-16-28(34)31-24-32-37-27-15-5-4-12-25(27)22-23-36(37)45-35-21-11-8-18-30(35)38(40(31)46)41(32)45/h1-4,6-14,16-25,27H,5,15H2. The molecule has 0 radical (unpaired) electrons. The van der Waals surface area contributed by atoms with Crippen molar-refractivity contribution in [1.29, 1.82) is 0 Å². The predicted molar refractivity (Wildman–Crippen MR) is 190 cm³/mol. The Hall–Kier alpha value is -5.74. The van der Waals surface area contributed by atoms with Crippen LogP contribution in [0.5, 0.6) is 0 Å². The van der Waals surface area contributed by atoms with E-state index in [0.29, 0.717) is 17.8 Å². The van der Waals surface area contributed by atoms with Gasteiger partial charge in [-0.05, 0) is 54.7 Å². The average molecular weight is 589 g/mol. The number of para-hydroxylation sites is 3. The van der Waals surface area contributed by atoms with Gasteiger partial charge in [-0.15, -0.1) is 0 Å². The number of rotatable bonds is 2. The summed E-state index contributed by atoms with van der Waals surface area (Å²) in [6.07, 6.45) is 11.9. The van der Waals surface area contributed by atoms with Crippen LogP contribution in [-0.4, -0.2) is 18.9 Å². The van der Waals surface area contributed by atoms with Crippen LogP contribution in [0.2, 0.25) is 0 Å². The Labute approximate surface area is 264 Å². The van der Waals surface area contributed by atoms with E-state index >= 15 is 0 Å². The van der Waals surface area contributed by atoms with Crippen molar-refractivity contribution < 1.29 is 0 Å². The molecule has 216 valence electrons. The maximum absolute atomic E-state index is 5.39. The molecule has 0 N–H and O–H groups in total. The molecule has 0 bridgehead atoms. The van der Waals surface area contributed by atoms with Gasteiger partial charge in [0.1, 0.15) is 0 Å². The SMILES string of the molecule is C1=CC2C=Cc3c(c4cc5c6ccccc6n(-c6nc(-c7ccccc7)c7ccccc7n6)c5c5c6ccccc6n3c45)C2CC1. The first-order valence-electron chi connectivity index (χ1n) is 16.3. The Morgan fingerprint density at radius 2 is 1.39 bits per heavy atom. The lowest BCUT2D eigenvalue weighted by molar-refractivity contribution is 0.528. The Morgan fingerprint density at radius 1 is 0.630 bits per heavy atom. The summed E-state index contributed by atoms with van der Waals surface area (Å²) < 4.78 is 4.87. The molecular formula is C42H28N4. The lowest BCUT2D eigenvalue weighted by atomic mass is 9.75. The summed E-state index contributed by atoms with van der Waals surface area (Å²) in [4.78, 5) is 10.7. The third-order valence-corrected chi connectivity index (χ3v) is 10.5. The Balaban J connectivity index is 1.35. The molecule has 0 spiro atoms. The molecule has 4 heterocycles. The van der Waals surface area contributed by atoms with Gasteiger partial charge in [0.25, 0.3) is 0 Å². The van der Waals surface area contributed by atoms with E-state index in [1.54, 1.807) is 0 Å². The molecule has 5 aromatic carbocycles. The monoisotopic (exact) mass is 588 g/mol. The van der Waals surface area contributed by atoms with Gasteiger partial charge in [0.05, 0.1) is 39.0 Å². The lowest BCUT2D eigenvalue weighted by Crippen LogP contribution is -2.16. The topological polar surface area (TPSA) is 35.1 Å². The molecule has 4 nitrogen and oxygen atoms in total. The smallest absolute Gasteiger partial charge is 0.235 e. The van der Waals surface area contributed by atoms with E-state index in [1.807, 2.05) is 0 Å². The van der Waals surface area contributed by atoms with Crippen LogP contribution in [0.3, 0.4) is 0 Å². The van der Waals surface area contributed by atoms with Crippen molar-refractivity contribution in [3.63, 3.8) is 0 Å². The van der Waals surface area contributed by atoms with Crippen molar-refractivity contribution in [1.82, 2.24) is 18.9 Å². The van der Waals surface area contributed by atoms with E-state index < -0.39 is 0 Å². The van der Waals surface area contributed by atoms with Crippen molar-refractivity contribution in [3.05, 3.63) is 139 Å². The maximum Gasteiger partial charge on any atom is 0.235 e. The summed E-state index contributed by atoms with van der Waals surface area (Å²) in [5, 5.41) is 7.47. The second kappa shape index (κ2) is 8.92. The molecule has 2 unspecified atom stereocenters. The third-order valence-electron chi connectivity index (χ3n) is 10.5. The van der Waals surface area contributed by atoms with Crippen LogP contribution in [0.4, 0.5) is 0 Å². The van der Waals surface area contributed by atoms with Crippen molar-refractivity contribution in [3.8, 4) is 17.2 Å². The zero-order valence-electron chi connectivity index (χ0n) is 25.1. The highest BCUT2D eigenvalue weighted by molar-refractivity contribution is 6.31. The zero-order valence-corrected chi connectivity index (χ0v) is 25.1. The fraction of sp³-hybridized carbons (Fsp3) is 0.0952. The molecule has 4 aromatic heterocycles. The molecule has 0 saturated carbocycles. The highest BCUT2D eigenvalue weighted by Crippen LogP contribution is 2.51. The number of hydrogen-bond acceptors (Lipinski definition) is 2. The molecule has 9 aromatic rings. The minimum absolute atomic E-state index is 0.456. The van der Waals surface area contributed by atoms with E-state index in [4.69, 9.17) is 9.97 Å². The van der Waals surface area contributed by atoms with Crippen LogP contribution in [0, 0.1) is 5.92 Å². The number of benzene rings is 5. The number of hydrogen-bond donors (Lipinski definition) is 0. The Kier molecular flexibility index (Phi) is 4.76. The molecule has 0 aliphatic heterocycles. The van der Waals surface area contributed by atoms with Crippen LogP contribution < -0.4 is 0 Å². The summed E-state index contributed by atoms with van der Waals surface area (Å²) in [5.41, 5.74) is 10.7. The lowest BCUT2D eigenvalue weighted by Gasteiger charge is -2.29. The highest BCUT2D eigenvalue weighted by Gasteiger charge is 2.34. The first-order valence-corrected chi connectivity index (χ1v) is 16.3. The van der Waals surface area contributed by atoms with Crippen molar-refractivity contribution in [2.75, 3.05) is 0 Å². The van der Waals surface area contributed by atoms with Crippen LogP contribution >= 0.6 is 0 Å². The van der Waals surface area contributed by atoms with E-state index in [1.165, 1.54) is 61.2 Å². The minimum Gasteiger partial charge on any atom is -0.308 e. The van der Waals surface area contributed by atoms with Gasteiger partial charge in [0.15, 0.2) is 0 Å². The first kappa shape index (κ1) is 24.6. The van der Waals surface area contributed by atoms with Gasteiger partial charge in [-0.3, -0.25) is 4.57 Å². The van der Waals surface area contributed by atoms with Crippen molar-refractivity contribution in [2.24, 2.45) is 5.92 Å². The fourth-order valence-electron chi connectivity index (χ4n) is 8.65. The maximum atomic E-state index is 5.39. The summed E-state index contributed by atoms with van der Waals surface area (Å²) in [6.45, 7) is 0. The third kappa shape index (κ3) is 3.08. The highest BCUT2D eigenvalue weighted by atomic mass is 15.2. The molecule has 46 heavy (non-hydrogen) atoms. The Morgan fingerprint density at radius 3 is 2.28 bits per heavy atom. The first-order chi connectivity index (χ1) is 22.8. The molecule has 0 saturated heterocycles. The van der Waals surface area contributed by atoms with Gasteiger partial charge in [-0.25, -0.2) is 9.97 Å². The van der Waals surface area contributed by atoms with E-state index in [-0.39, 0.29) is 0 Å². The van der Waals surface area contributed by atoms with Crippen molar-refractivity contribution >= 4 is 66.0 Å². The molecule has 11 rings (SSSR count). The molecule has 2 aliphatic rings. The van der Waals surface area contributed by atoms with Gasteiger partial charge in [-0.1, -0.05) is 103 Å². The molecular weight excluding hydrogens is 560 g/mol. The summed E-state index contributed by atoms with van der Waals surface area (Å²) in [7, 11) is 0. The molecule has 4 heteroatoms. The molecule has 2 aliphatic carbocycles. The van der Waals surface area contributed by atoms with Gasteiger partial charge in [-0.2, -0.15) is 0 Å². The van der Waals surface area contributed by atoms with Gasteiger partial charge >= 0.3 is 0 Å². The van der Waals surface area contributed by atoms with E-state index in [9.17, 15) is 0 Å². The van der Waals surface area contributed by atoms with Crippen LogP contribution in [0.25, 0.3) is 83.2 Å². The summed E-state index contributed by atoms with van der Waals surface area (Å²) in [5.74, 6) is 1.65. The molecule has 0 fully saturated rings. The van der Waals surface area contributed by atoms with Crippen LogP contribution in [0.15, 0.2) is 127 Å². The number of fused-ring (bicyclic) bond motifs is 13. The van der Waals surface area contributed by atoms with E-state index in [0.717, 1.165) is 34.1 Å². The van der Waals surface area contributed by atoms with E-state index in [2.05, 4.69) is 142 Å². The van der Waals surface area contributed by atoms with Crippen LogP contribution in [-0.2, 0) is 0 Å². The molecule has 2 atom stereocenters. The summed E-state index contributed by atoms with van der Waals surface area (Å²) in [6, 6.07) is 39.1. The van der Waals surface area contributed by atoms with Gasteiger partial charge in [0.2, 0.25) is 5.95 Å². The number of allylic oxidation sites excluding steroid dienone is 3. The van der Waals surface area contributed by atoms with Gasteiger partial charge < -0.3 is 4.40 Å². The molecule has 0 amide bonds. The Bertz CT molecular complexity index is 2760. The fourth-order valence-corrected chi connectivity index (χ4v) is 8.65.